The Morgan fingerprint density at radius 1 is 1.02 bits per heavy atom. The zero-order valence-electron chi connectivity index (χ0n) is 24.3. The van der Waals surface area contributed by atoms with Crippen molar-refractivity contribution < 1.29 is 9.47 Å². The van der Waals surface area contributed by atoms with Crippen molar-refractivity contribution in [3.8, 4) is 6.01 Å². The van der Waals surface area contributed by atoms with E-state index in [1.54, 1.807) is 4.57 Å². The Kier molecular flexibility index (Phi) is 11.7. The van der Waals surface area contributed by atoms with E-state index >= 15 is 0 Å². The number of nitrogen functional groups attached to an aromatic ring is 1. The number of aromatic nitrogens is 4. The third-order valence-corrected chi connectivity index (χ3v) is 6.92. The lowest BCUT2D eigenvalue weighted by Gasteiger charge is -2.26. The van der Waals surface area contributed by atoms with E-state index in [1.807, 2.05) is 31.2 Å². The molecule has 0 bridgehead atoms. The Hall–Kier alpha value is -3.73. The number of H-pyrrole nitrogens is 1. The number of nitrogens with zero attached hydrogens (tertiary/aromatic N) is 4. The summed E-state index contributed by atoms with van der Waals surface area (Å²) in [6, 6.07) is 18.8. The van der Waals surface area contributed by atoms with Crippen molar-refractivity contribution in [3.05, 3.63) is 81.8 Å². The van der Waals surface area contributed by atoms with Crippen molar-refractivity contribution in [2.45, 2.75) is 46.2 Å². The van der Waals surface area contributed by atoms with Crippen LogP contribution in [0.4, 0.5) is 5.82 Å². The van der Waals surface area contributed by atoms with Crippen molar-refractivity contribution in [2.24, 2.45) is 0 Å². The van der Waals surface area contributed by atoms with Gasteiger partial charge in [0.25, 0.3) is 0 Å². The number of hydrogen-bond acceptors (Lipinski definition) is 8. The van der Waals surface area contributed by atoms with Gasteiger partial charge in [0, 0.05) is 19.6 Å². The van der Waals surface area contributed by atoms with Crippen LogP contribution < -0.4 is 21.5 Å². The second-order valence-electron chi connectivity index (χ2n) is 10.3. The van der Waals surface area contributed by atoms with Crippen molar-refractivity contribution in [1.29, 1.82) is 0 Å². The molecule has 1 aliphatic heterocycles. The first-order valence-electron chi connectivity index (χ1n) is 14.5. The first-order chi connectivity index (χ1) is 20.0. The highest BCUT2D eigenvalue weighted by atomic mass is 16.5. The number of fused-ring (bicyclic) bond motifs is 1. The number of ether oxygens (including phenoxy) is 2. The van der Waals surface area contributed by atoms with Crippen LogP contribution in [0.5, 0.6) is 6.01 Å². The van der Waals surface area contributed by atoms with Gasteiger partial charge in [-0.3, -0.25) is 9.47 Å². The number of nitrogens with one attached hydrogen (secondary N) is 2. The van der Waals surface area contributed by atoms with Gasteiger partial charge in [-0.15, -0.1) is 0 Å². The molecule has 2 aromatic heterocycles. The van der Waals surface area contributed by atoms with Crippen molar-refractivity contribution in [1.82, 2.24) is 29.7 Å². The van der Waals surface area contributed by atoms with Gasteiger partial charge >= 0.3 is 11.7 Å². The highest BCUT2D eigenvalue weighted by molar-refractivity contribution is 5.81. The van der Waals surface area contributed by atoms with Crippen molar-refractivity contribution in [2.75, 3.05) is 51.7 Å². The van der Waals surface area contributed by atoms with Gasteiger partial charge in [-0.2, -0.15) is 9.97 Å². The SMILES string of the molecule is CCCCOc1nc(N)c2[nH]c(=O)n(Cc3ccc(C)cc3)c2n1.c1ccc(CNCCCN2CCOCC2)cc1. The van der Waals surface area contributed by atoms with E-state index < -0.39 is 0 Å². The van der Waals surface area contributed by atoms with Crippen LogP contribution in [0.25, 0.3) is 11.2 Å². The number of benzene rings is 2. The maximum absolute atomic E-state index is 12.3. The van der Waals surface area contributed by atoms with E-state index in [0.717, 1.165) is 57.8 Å². The quantitative estimate of drug-likeness (QED) is 0.224. The van der Waals surface area contributed by atoms with Gasteiger partial charge < -0.3 is 25.5 Å². The first kappa shape index (κ1) is 30.2. The number of hydrogen-bond donors (Lipinski definition) is 3. The highest BCUT2D eigenvalue weighted by Crippen LogP contribution is 2.19. The minimum atomic E-state index is -0.266. The summed E-state index contributed by atoms with van der Waals surface area (Å²) in [7, 11) is 0. The molecule has 0 saturated carbocycles. The van der Waals surface area contributed by atoms with Gasteiger partial charge in [-0.05, 0) is 44.0 Å². The molecule has 5 rings (SSSR count). The number of unbranched alkanes of at least 4 members (excludes halogenated alkanes) is 1. The Labute approximate surface area is 241 Å². The molecule has 2 aromatic carbocycles. The minimum absolute atomic E-state index is 0.199. The fourth-order valence-electron chi connectivity index (χ4n) is 4.51. The molecule has 10 heteroatoms. The van der Waals surface area contributed by atoms with E-state index in [1.165, 1.54) is 24.1 Å². The molecule has 10 nitrogen and oxygen atoms in total. The van der Waals surface area contributed by atoms with Crippen LogP contribution in [-0.4, -0.2) is 70.4 Å². The molecule has 1 saturated heterocycles. The fraction of sp³-hybridized carbons (Fsp3) is 0.452. The molecule has 0 spiro atoms. The van der Waals surface area contributed by atoms with Crippen LogP contribution >= 0.6 is 0 Å². The molecule has 0 radical (unpaired) electrons. The van der Waals surface area contributed by atoms with Crippen LogP contribution in [0.3, 0.4) is 0 Å². The molecular formula is C31H43N7O3. The smallest absolute Gasteiger partial charge is 0.328 e. The normalized spacial score (nSPS) is 13.6. The monoisotopic (exact) mass is 561 g/mol. The van der Waals surface area contributed by atoms with Gasteiger partial charge in [-0.1, -0.05) is 73.5 Å². The van der Waals surface area contributed by atoms with Crippen LogP contribution in [0.1, 0.15) is 42.9 Å². The molecule has 220 valence electrons. The maximum atomic E-state index is 12.3. The lowest BCUT2D eigenvalue weighted by Crippen LogP contribution is -2.37. The highest BCUT2D eigenvalue weighted by Gasteiger charge is 2.15. The van der Waals surface area contributed by atoms with Crippen LogP contribution in [-0.2, 0) is 17.8 Å². The number of aryl methyl sites for hydroxylation is 1. The number of morpholine rings is 1. The van der Waals surface area contributed by atoms with Crippen molar-refractivity contribution >= 4 is 17.0 Å². The van der Waals surface area contributed by atoms with Gasteiger partial charge in [0.2, 0.25) is 0 Å². The molecular weight excluding hydrogens is 518 g/mol. The van der Waals surface area contributed by atoms with Crippen LogP contribution in [0.15, 0.2) is 59.4 Å². The predicted molar refractivity (Wildman–Crippen MR) is 163 cm³/mol. The molecule has 0 aliphatic carbocycles. The molecule has 1 aliphatic rings. The van der Waals surface area contributed by atoms with Crippen LogP contribution in [0.2, 0.25) is 0 Å². The Morgan fingerprint density at radius 3 is 2.51 bits per heavy atom. The molecule has 0 unspecified atom stereocenters. The standard InChI is InChI=1S/C17H21N5O2.C14H22N2O/c1-3-4-9-24-16-20-14(18)13-15(21-16)22(17(23)19-13)10-12-7-5-11(2)6-8-12;1-2-5-14(6-3-1)13-15-7-4-8-16-9-11-17-12-10-16/h5-8H,3-4,9-10H2,1-2H3,(H,19,23)(H2,18,20,21);1-3,5-6,15H,4,7-13H2. The third-order valence-electron chi connectivity index (χ3n) is 6.92. The van der Waals surface area contributed by atoms with E-state index in [2.05, 4.69) is 62.4 Å². The van der Waals surface area contributed by atoms with Gasteiger partial charge in [0.1, 0.15) is 5.52 Å². The summed E-state index contributed by atoms with van der Waals surface area (Å²) in [6.07, 6.45) is 3.14. The summed E-state index contributed by atoms with van der Waals surface area (Å²) in [5, 5.41) is 3.48. The summed E-state index contributed by atoms with van der Waals surface area (Å²) < 4.78 is 12.4. The van der Waals surface area contributed by atoms with Gasteiger partial charge in [-0.25, -0.2) is 4.79 Å². The molecule has 4 aromatic rings. The second kappa shape index (κ2) is 15.9. The maximum Gasteiger partial charge on any atom is 0.328 e. The Balaban J connectivity index is 0.000000201. The topological polar surface area (TPSA) is 123 Å². The van der Waals surface area contributed by atoms with E-state index in [4.69, 9.17) is 15.2 Å². The largest absolute Gasteiger partial charge is 0.463 e. The number of anilines is 1. The van der Waals surface area contributed by atoms with Gasteiger partial charge in [0.15, 0.2) is 11.5 Å². The molecule has 3 heterocycles. The Bertz CT molecular complexity index is 1380. The molecule has 0 atom stereocenters. The zero-order chi connectivity index (χ0) is 28.9. The summed E-state index contributed by atoms with van der Waals surface area (Å²) in [5.41, 5.74) is 10.1. The number of rotatable bonds is 12. The average Bonchev–Trinajstić information content (AvgIpc) is 3.31. The minimum Gasteiger partial charge on any atom is -0.463 e. The average molecular weight is 562 g/mol. The molecule has 0 amide bonds. The van der Waals surface area contributed by atoms with Gasteiger partial charge in [0.05, 0.1) is 26.4 Å². The lowest BCUT2D eigenvalue weighted by molar-refractivity contribution is 0.0374. The Morgan fingerprint density at radius 2 is 1.78 bits per heavy atom. The molecule has 41 heavy (non-hydrogen) atoms. The number of nitrogens with two attached hydrogens (primary N) is 1. The molecule has 4 N–H and O–H groups in total. The molecule has 1 fully saturated rings. The van der Waals surface area contributed by atoms with Crippen LogP contribution in [0, 0.1) is 6.92 Å². The predicted octanol–water partition coefficient (Wildman–Crippen LogP) is 3.74. The summed E-state index contributed by atoms with van der Waals surface area (Å²) in [6.45, 7) is 12.3. The number of aromatic amines is 1. The summed E-state index contributed by atoms with van der Waals surface area (Å²) in [5.74, 6) is 0.214. The van der Waals surface area contributed by atoms with E-state index in [9.17, 15) is 4.79 Å². The van der Waals surface area contributed by atoms with E-state index in [-0.39, 0.29) is 17.5 Å². The lowest BCUT2D eigenvalue weighted by atomic mass is 10.1. The number of imidazole rings is 1. The van der Waals surface area contributed by atoms with E-state index in [0.29, 0.717) is 24.3 Å². The first-order valence-corrected chi connectivity index (χ1v) is 14.5. The fourth-order valence-corrected chi connectivity index (χ4v) is 4.51. The van der Waals surface area contributed by atoms with Crippen molar-refractivity contribution in [3.63, 3.8) is 0 Å². The summed E-state index contributed by atoms with van der Waals surface area (Å²) in [4.78, 5) is 25.9. The summed E-state index contributed by atoms with van der Waals surface area (Å²) >= 11 is 0. The third kappa shape index (κ3) is 9.41. The zero-order valence-corrected chi connectivity index (χ0v) is 24.3. The second-order valence-corrected chi connectivity index (χ2v) is 10.3.